The fourth-order valence-electron chi connectivity index (χ4n) is 2.77. The zero-order chi connectivity index (χ0) is 18.8. The number of benzene rings is 2. The quantitative estimate of drug-likeness (QED) is 0.389. The maximum atomic E-state index is 5.95. The van der Waals surface area contributed by atoms with Crippen LogP contribution in [0.2, 0.25) is 0 Å². The second kappa shape index (κ2) is 7.28. The highest BCUT2D eigenvalue weighted by atomic mass is 32.2. The fraction of sp³-hybridized carbons (Fsp3) is 0.150. The summed E-state index contributed by atoms with van der Waals surface area (Å²) in [5.74, 6) is 4.28. The van der Waals surface area contributed by atoms with E-state index in [0.29, 0.717) is 17.4 Å². The second-order valence-corrected chi connectivity index (χ2v) is 7.24. The molecule has 0 spiro atoms. The first-order valence-corrected chi connectivity index (χ1v) is 9.51. The number of H-pyrrole nitrogens is 1. The number of aromatic amines is 1. The maximum Gasteiger partial charge on any atom is 0.129 e. The number of thioether (sulfide) groups is 1. The molecule has 0 saturated heterocycles. The molecule has 0 aliphatic rings. The number of ether oxygens (including phenoxy) is 1. The Kier molecular flexibility index (Phi) is 4.68. The number of nitrogens with two attached hydrogens (primary N) is 1. The van der Waals surface area contributed by atoms with Crippen LogP contribution < -0.4 is 10.5 Å². The van der Waals surface area contributed by atoms with Crippen LogP contribution in [-0.4, -0.2) is 19.9 Å². The monoisotopic (exact) mass is 377 g/mol. The van der Waals surface area contributed by atoms with Crippen molar-refractivity contribution in [3.8, 4) is 11.5 Å². The molecule has 27 heavy (non-hydrogen) atoms. The number of aromatic nitrogens is 4. The van der Waals surface area contributed by atoms with Crippen molar-refractivity contribution in [2.45, 2.75) is 24.6 Å². The van der Waals surface area contributed by atoms with Crippen LogP contribution in [0.5, 0.6) is 11.5 Å². The molecule has 2 aromatic heterocycles. The van der Waals surface area contributed by atoms with Crippen LogP contribution in [0, 0.1) is 13.8 Å². The van der Waals surface area contributed by atoms with Crippen molar-refractivity contribution >= 4 is 28.6 Å². The molecule has 136 valence electrons. The largest absolute Gasteiger partial charge is 0.457 e. The van der Waals surface area contributed by atoms with Gasteiger partial charge in [0.05, 0.1) is 16.8 Å². The highest BCUT2D eigenvalue weighted by molar-refractivity contribution is 7.98. The predicted octanol–water partition coefficient (Wildman–Crippen LogP) is 4.64. The zero-order valence-corrected chi connectivity index (χ0v) is 15.9. The minimum atomic E-state index is 0.479. The van der Waals surface area contributed by atoms with Crippen molar-refractivity contribution in [1.82, 2.24) is 19.9 Å². The van der Waals surface area contributed by atoms with Gasteiger partial charge in [-0.05, 0) is 43.7 Å². The van der Waals surface area contributed by atoms with E-state index in [4.69, 9.17) is 10.5 Å². The topological polar surface area (TPSA) is 89.7 Å². The van der Waals surface area contributed by atoms with Gasteiger partial charge in [0, 0.05) is 12.1 Å². The van der Waals surface area contributed by atoms with Gasteiger partial charge in [-0.1, -0.05) is 23.9 Å². The van der Waals surface area contributed by atoms with E-state index < -0.39 is 0 Å². The van der Waals surface area contributed by atoms with E-state index in [2.05, 4.69) is 19.9 Å². The van der Waals surface area contributed by atoms with Gasteiger partial charge in [-0.2, -0.15) is 0 Å². The summed E-state index contributed by atoms with van der Waals surface area (Å²) in [5, 5.41) is 0.837. The summed E-state index contributed by atoms with van der Waals surface area (Å²) in [6, 6.07) is 15.6. The summed E-state index contributed by atoms with van der Waals surface area (Å²) in [6.07, 6.45) is 0. The Bertz CT molecular complexity index is 1090. The number of nitrogens with one attached hydrogen (secondary N) is 1. The summed E-state index contributed by atoms with van der Waals surface area (Å²) < 4.78 is 5.95. The van der Waals surface area contributed by atoms with Crippen molar-refractivity contribution in [3.05, 3.63) is 65.7 Å². The molecule has 0 saturated carbocycles. The Labute approximate surface area is 161 Å². The summed E-state index contributed by atoms with van der Waals surface area (Å²) >= 11 is 1.57. The lowest BCUT2D eigenvalue weighted by Crippen LogP contribution is -1.96. The van der Waals surface area contributed by atoms with Crippen molar-refractivity contribution in [3.63, 3.8) is 0 Å². The molecule has 4 rings (SSSR count). The van der Waals surface area contributed by atoms with Gasteiger partial charge in [0.1, 0.15) is 34.0 Å². The van der Waals surface area contributed by atoms with E-state index in [0.717, 1.165) is 38.9 Å². The highest BCUT2D eigenvalue weighted by Crippen LogP contribution is 2.27. The lowest BCUT2D eigenvalue weighted by molar-refractivity contribution is 0.483. The van der Waals surface area contributed by atoms with Crippen LogP contribution in [0.4, 0.5) is 5.82 Å². The number of aryl methyl sites for hydroxylation is 2. The molecular weight excluding hydrogens is 358 g/mol. The molecule has 0 atom stereocenters. The number of anilines is 1. The van der Waals surface area contributed by atoms with Crippen molar-refractivity contribution < 1.29 is 4.74 Å². The predicted molar refractivity (Wildman–Crippen MR) is 108 cm³/mol. The van der Waals surface area contributed by atoms with Crippen LogP contribution in [0.1, 0.15) is 17.2 Å². The zero-order valence-electron chi connectivity index (χ0n) is 15.1. The van der Waals surface area contributed by atoms with Crippen molar-refractivity contribution in [2.75, 3.05) is 5.73 Å². The molecule has 0 bridgehead atoms. The average Bonchev–Trinajstić information content (AvgIpc) is 3.01. The molecule has 2 heterocycles. The van der Waals surface area contributed by atoms with Crippen LogP contribution in [0.25, 0.3) is 11.0 Å². The Balaban J connectivity index is 1.50. The molecule has 0 amide bonds. The van der Waals surface area contributed by atoms with Gasteiger partial charge in [-0.3, -0.25) is 0 Å². The average molecular weight is 377 g/mol. The van der Waals surface area contributed by atoms with Gasteiger partial charge in [-0.25, -0.2) is 15.0 Å². The number of hydrogen-bond donors (Lipinski definition) is 2. The van der Waals surface area contributed by atoms with E-state index >= 15 is 0 Å². The molecule has 6 nitrogen and oxygen atoms in total. The molecular formula is C20H19N5OS. The lowest BCUT2D eigenvalue weighted by Gasteiger charge is -2.06. The number of nitrogens with zero attached hydrogens (tertiary/aromatic N) is 3. The molecule has 7 heteroatoms. The summed E-state index contributed by atoms with van der Waals surface area (Å²) in [4.78, 5) is 16.4. The third-order valence-corrected chi connectivity index (χ3v) is 4.84. The summed E-state index contributed by atoms with van der Waals surface area (Å²) in [7, 11) is 0. The number of rotatable bonds is 5. The number of hydrogen-bond acceptors (Lipinski definition) is 6. The molecule has 0 aliphatic carbocycles. The highest BCUT2D eigenvalue weighted by Gasteiger charge is 2.07. The van der Waals surface area contributed by atoms with Gasteiger partial charge < -0.3 is 15.5 Å². The van der Waals surface area contributed by atoms with Gasteiger partial charge >= 0.3 is 0 Å². The van der Waals surface area contributed by atoms with E-state index in [-0.39, 0.29) is 0 Å². The van der Waals surface area contributed by atoms with Crippen molar-refractivity contribution in [1.29, 1.82) is 0 Å². The van der Waals surface area contributed by atoms with Gasteiger partial charge in [0.2, 0.25) is 0 Å². The van der Waals surface area contributed by atoms with E-state index in [1.54, 1.807) is 17.8 Å². The van der Waals surface area contributed by atoms with Gasteiger partial charge in [-0.15, -0.1) is 0 Å². The van der Waals surface area contributed by atoms with Crippen LogP contribution in [-0.2, 0) is 5.75 Å². The first kappa shape index (κ1) is 17.4. The van der Waals surface area contributed by atoms with Crippen molar-refractivity contribution in [2.24, 2.45) is 0 Å². The van der Waals surface area contributed by atoms with E-state index in [9.17, 15) is 0 Å². The minimum absolute atomic E-state index is 0.479. The first-order chi connectivity index (χ1) is 13.0. The number of nitrogen functional groups attached to an aromatic ring is 1. The third kappa shape index (κ3) is 4.20. The Morgan fingerprint density at radius 2 is 1.85 bits per heavy atom. The second-order valence-electron chi connectivity index (χ2n) is 6.25. The lowest BCUT2D eigenvalue weighted by atomic mass is 10.2. The van der Waals surface area contributed by atoms with Crippen LogP contribution in [0.15, 0.2) is 53.6 Å². The molecule has 0 unspecified atom stereocenters. The standard InChI is InChI=1S/C20H19N5OS/c1-12-4-3-5-14(8-12)26-15-6-7-16-17(9-15)25-19(24-16)11-27-20-10-18(21)22-13(2)23-20/h3-10H,11H2,1-2H3,(H,24,25)(H2,21,22,23). The normalized spacial score (nSPS) is 11.0. The molecule has 4 aromatic rings. The minimum Gasteiger partial charge on any atom is -0.457 e. The Morgan fingerprint density at radius 1 is 1.00 bits per heavy atom. The van der Waals surface area contributed by atoms with E-state index in [1.807, 2.05) is 56.3 Å². The van der Waals surface area contributed by atoms with Crippen LogP contribution in [0.3, 0.4) is 0 Å². The maximum absolute atomic E-state index is 5.95. The molecule has 2 aromatic carbocycles. The Morgan fingerprint density at radius 3 is 2.67 bits per heavy atom. The smallest absolute Gasteiger partial charge is 0.129 e. The molecule has 0 radical (unpaired) electrons. The summed E-state index contributed by atoms with van der Waals surface area (Å²) in [5.41, 5.74) is 8.78. The number of fused-ring (bicyclic) bond motifs is 1. The van der Waals surface area contributed by atoms with E-state index in [1.165, 1.54) is 0 Å². The Hall–Kier alpha value is -3.06. The molecule has 3 N–H and O–H groups in total. The van der Waals surface area contributed by atoms with Crippen LogP contribution >= 0.6 is 11.8 Å². The summed E-state index contributed by atoms with van der Waals surface area (Å²) in [6.45, 7) is 3.87. The number of imidazole rings is 1. The third-order valence-electron chi connectivity index (χ3n) is 3.92. The molecule has 0 aliphatic heterocycles. The molecule has 0 fully saturated rings. The fourth-order valence-corrected chi connectivity index (χ4v) is 3.59. The first-order valence-electron chi connectivity index (χ1n) is 8.52. The van der Waals surface area contributed by atoms with Gasteiger partial charge in [0.15, 0.2) is 0 Å². The van der Waals surface area contributed by atoms with Gasteiger partial charge in [0.25, 0.3) is 0 Å². The SMILES string of the molecule is Cc1cccc(Oc2ccc3nc(CSc4cc(N)nc(C)n4)[nH]c3c2)c1.